The number of ether oxygens (including phenoxy) is 1. The number of halogens is 1. The first-order valence-electron chi connectivity index (χ1n) is 13.8. The lowest BCUT2D eigenvalue weighted by Gasteiger charge is -2.35. The first-order chi connectivity index (χ1) is 17.6. The Hall–Kier alpha value is -2.40. The Balaban J connectivity index is 0.00000217. The highest BCUT2D eigenvalue weighted by Gasteiger charge is 2.43. The highest BCUT2D eigenvalue weighted by atomic mass is 35.5. The van der Waals surface area contributed by atoms with Gasteiger partial charge in [0, 0.05) is 10.6 Å². The molecule has 5 nitrogen and oxygen atoms in total. The van der Waals surface area contributed by atoms with Gasteiger partial charge in [-0.15, -0.1) is 6.58 Å². The topological polar surface area (TPSA) is 59.0 Å². The Labute approximate surface area is 230 Å². The first kappa shape index (κ1) is 32.6. The number of aliphatic imine (C=N–C) groups is 1. The van der Waals surface area contributed by atoms with E-state index in [-0.39, 0.29) is 17.9 Å². The highest BCUT2D eigenvalue weighted by molar-refractivity contribution is 6.47. The number of hydrogen-bond acceptors (Lipinski definition) is 4. The summed E-state index contributed by atoms with van der Waals surface area (Å²) in [5.41, 5.74) is 1.58. The summed E-state index contributed by atoms with van der Waals surface area (Å²) in [7, 11) is 0. The Morgan fingerprint density at radius 1 is 1.16 bits per heavy atom. The van der Waals surface area contributed by atoms with Gasteiger partial charge in [-0.3, -0.25) is 14.6 Å². The van der Waals surface area contributed by atoms with Gasteiger partial charge in [0.2, 0.25) is 0 Å². The zero-order valence-electron chi connectivity index (χ0n) is 24.0. The van der Waals surface area contributed by atoms with Crippen LogP contribution < -0.4 is 0 Å². The van der Waals surface area contributed by atoms with Gasteiger partial charge in [-0.1, -0.05) is 83.7 Å². The second-order valence-corrected chi connectivity index (χ2v) is 10.4. The molecule has 0 saturated carbocycles. The molecule has 1 heterocycles. The summed E-state index contributed by atoms with van der Waals surface area (Å²) >= 11 is 6.33. The molecule has 1 aliphatic rings. The van der Waals surface area contributed by atoms with E-state index in [0.717, 1.165) is 43.2 Å². The van der Waals surface area contributed by atoms with E-state index in [9.17, 15) is 9.59 Å². The summed E-state index contributed by atoms with van der Waals surface area (Å²) < 4.78 is 5.27. The molecule has 0 radical (unpaired) electrons. The minimum absolute atomic E-state index is 0.0947. The molecular formula is C31H47ClN2O3. The molecule has 2 atom stereocenters. The molecule has 0 aliphatic carbocycles. The number of amides is 1. The zero-order valence-corrected chi connectivity index (χ0v) is 24.7. The van der Waals surface area contributed by atoms with Crippen molar-refractivity contribution in [2.75, 3.05) is 6.61 Å². The molecule has 2 rings (SSSR count). The maximum absolute atomic E-state index is 13.6. The lowest BCUT2D eigenvalue weighted by Crippen LogP contribution is -2.48. The molecule has 37 heavy (non-hydrogen) atoms. The van der Waals surface area contributed by atoms with Crippen molar-refractivity contribution in [2.24, 2.45) is 10.9 Å². The van der Waals surface area contributed by atoms with Crippen LogP contribution in [-0.4, -0.2) is 40.8 Å². The Kier molecular flexibility index (Phi) is 14.5. The van der Waals surface area contributed by atoms with Crippen molar-refractivity contribution in [3.05, 3.63) is 59.2 Å². The van der Waals surface area contributed by atoms with Crippen LogP contribution in [0.1, 0.15) is 98.1 Å². The average Bonchev–Trinajstić information content (AvgIpc) is 3.10. The molecule has 0 bridgehead atoms. The van der Waals surface area contributed by atoms with Gasteiger partial charge in [0.1, 0.15) is 11.4 Å². The number of esters is 1. The van der Waals surface area contributed by atoms with E-state index in [1.54, 1.807) is 6.08 Å². The van der Waals surface area contributed by atoms with Gasteiger partial charge in [0.05, 0.1) is 18.6 Å². The van der Waals surface area contributed by atoms with Crippen LogP contribution in [0.3, 0.4) is 0 Å². The van der Waals surface area contributed by atoms with Gasteiger partial charge in [-0.05, 0) is 63.3 Å². The standard InChI is InChI=1S/C28H39ClN2O3.C3H8/c1-7-11-14-24(15-12-13-21(10-4)27(33)34-16-8-2)31-26(32)25(30-28(31,5)6)22-17-20(9-3)18-23(29)19-22;1-3-2/h10,12,15,17-19,21,24H,4,7-9,11,13-14,16H2,1-3,5-6H3;3H2,1-2H3/b15-12+;. The van der Waals surface area contributed by atoms with E-state index >= 15 is 0 Å². The van der Waals surface area contributed by atoms with Crippen molar-refractivity contribution < 1.29 is 14.3 Å². The van der Waals surface area contributed by atoms with E-state index in [1.807, 2.05) is 56.0 Å². The molecule has 1 aliphatic heterocycles. The number of aryl methyl sites for hydroxylation is 1. The van der Waals surface area contributed by atoms with Crippen LogP contribution in [0, 0.1) is 5.92 Å². The molecule has 1 aromatic rings. The normalized spacial score (nSPS) is 16.2. The molecule has 2 unspecified atom stereocenters. The maximum Gasteiger partial charge on any atom is 0.313 e. The van der Waals surface area contributed by atoms with Gasteiger partial charge in [-0.2, -0.15) is 0 Å². The molecular weight excluding hydrogens is 484 g/mol. The fourth-order valence-corrected chi connectivity index (χ4v) is 4.44. The van der Waals surface area contributed by atoms with Crippen LogP contribution in [0.4, 0.5) is 0 Å². The molecule has 206 valence electrons. The van der Waals surface area contributed by atoms with Crippen molar-refractivity contribution in [1.82, 2.24) is 4.90 Å². The summed E-state index contributed by atoms with van der Waals surface area (Å²) in [6, 6.07) is 5.59. The average molecular weight is 531 g/mol. The third-order valence-corrected chi connectivity index (χ3v) is 6.22. The predicted octanol–water partition coefficient (Wildman–Crippen LogP) is 7.95. The molecule has 1 amide bonds. The summed E-state index contributed by atoms with van der Waals surface area (Å²) in [5.74, 6) is -0.757. The summed E-state index contributed by atoms with van der Waals surface area (Å²) in [6.07, 6.45) is 11.8. The Morgan fingerprint density at radius 2 is 1.84 bits per heavy atom. The number of carbonyl (C=O) groups excluding carboxylic acids is 2. The number of carbonyl (C=O) groups is 2. The van der Waals surface area contributed by atoms with Crippen molar-refractivity contribution in [2.45, 2.75) is 105 Å². The number of benzene rings is 1. The third-order valence-electron chi connectivity index (χ3n) is 6.00. The Bertz CT molecular complexity index is 952. The van der Waals surface area contributed by atoms with Crippen molar-refractivity contribution in [3.8, 4) is 0 Å². The van der Waals surface area contributed by atoms with Gasteiger partial charge in [0.25, 0.3) is 5.91 Å². The zero-order chi connectivity index (χ0) is 28.0. The summed E-state index contributed by atoms with van der Waals surface area (Å²) in [4.78, 5) is 32.6. The van der Waals surface area contributed by atoms with E-state index in [1.165, 1.54) is 6.42 Å². The number of allylic oxidation sites excluding steroid dienone is 1. The number of nitrogens with zero attached hydrogens (tertiary/aromatic N) is 2. The van der Waals surface area contributed by atoms with Crippen molar-refractivity contribution in [3.63, 3.8) is 0 Å². The highest BCUT2D eigenvalue weighted by Crippen LogP contribution is 2.32. The number of hydrogen-bond donors (Lipinski definition) is 0. The SMILES string of the molecule is C=CC(C/C=C/C(CCCC)N1C(=O)C(c2cc(Cl)cc(CC)c2)=NC1(C)C)C(=O)OCCC.CCC. The van der Waals surface area contributed by atoms with Crippen molar-refractivity contribution in [1.29, 1.82) is 0 Å². The monoisotopic (exact) mass is 530 g/mol. The Morgan fingerprint density at radius 3 is 2.41 bits per heavy atom. The first-order valence-corrected chi connectivity index (χ1v) is 14.2. The molecule has 0 aromatic heterocycles. The minimum atomic E-state index is -0.693. The quantitative estimate of drug-likeness (QED) is 0.192. The lowest BCUT2D eigenvalue weighted by atomic mass is 10.0. The fraction of sp³-hybridized carbons (Fsp3) is 0.581. The molecule has 1 aromatic carbocycles. The van der Waals surface area contributed by atoms with Crippen LogP contribution in [0.5, 0.6) is 0 Å². The van der Waals surface area contributed by atoms with Crippen LogP contribution in [0.25, 0.3) is 0 Å². The van der Waals surface area contributed by atoms with Gasteiger partial charge < -0.3 is 9.64 Å². The van der Waals surface area contributed by atoms with Crippen LogP contribution in [-0.2, 0) is 20.7 Å². The van der Waals surface area contributed by atoms with Gasteiger partial charge in [-0.25, -0.2) is 0 Å². The summed E-state index contributed by atoms with van der Waals surface area (Å²) in [6.45, 7) is 18.5. The maximum atomic E-state index is 13.6. The largest absolute Gasteiger partial charge is 0.465 e. The molecule has 0 saturated heterocycles. The van der Waals surface area contributed by atoms with E-state index in [2.05, 4.69) is 34.3 Å². The number of unbranched alkanes of at least 4 members (excludes halogenated alkanes) is 1. The summed E-state index contributed by atoms with van der Waals surface area (Å²) in [5, 5.41) is 0.606. The van der Waals surface area contributed by atoms with Crippen LogP contribution in [0.2, 0.25) is 5.02 Å². The van der Waals surface area contributed by atoms with Gasteiger partial charge in [0.15, 0.2) is 0 Å². The molecule has 0 N–H and O–H groups in total. The lowest BCUT2D eigenvalue weighted by molar-refractivity contribution is -0.146. The molecule has 0 spiro atoms. The second-order valence-electron chi connectivity index (χ2n) is 9.92. The molecule has 6 heteroatoms. The van der Waals surface area contributed by atoms with E-state index < -0.39 is 11.6 Å². The van der Waals surface area contributed by atoms with Crippen molar-refractivity contribution >= 4 is 29.2 Å². The number of rotatable bonds is 13. The fourth-order valence-electron chi connectivity index (χ4n) is 4.18. The van der Waals surface area contributed by atoms with E-state index in [4.69, 9.17) is 21.3 Å². The third kappa shape index (κ3) is 9.77. The van der Waals surface area contributed by atoms with Gasteiger partial charge >= 0.3 is 5.97 Å². The van der Waals surface area contributed by atoms with Crippen LogP contribution >= 0.6 is 11.6 Å². The predicted molar refractivity (Wildman–Crippen MR) is 156 cm³/mol. The van der Waals surface area contributed by atoms with Crippen LogP contribution in [0.15, 0.2) is 48.0 Å². The van der Waals surface area contributed by atoms with E-state index in [0.29, 0.717) is 23.8 Å². The smallest absolute Gasteiger partial charge is 0.313 e. The minimum Gasteiger partial charge on any atom is -0.465 e. The molecule has 0 fully saturated rings. The second kappa shape index (κ2) is 16.4.